The molecule has 0 radical (unpaired) electrons. The Morgan fingerprint density at radius 3 is 2.62 bits per heavy atom. The molecule has 0 heterocycles. The summed E-state index contributed by atoms with van der Waals surface area (Å²) in [4.78, 5) is 0. The van der Waals surface area contributed by atoms with Gasteiger partial charge in [-0.1, -0.05) is 31.2 Å². The van der Waals surface area contributed by atoms with Crippen molar-refractivity contribution < 1.29 is 0 Å². The van der Waals surface area contributed by atoms with E-state index in [9.17, 15) is 0 Å². The van der Waals surface area contributed by atoms with Gasteiger partial charge in [0.25, 0.3) is 0 Å². The van der Waals surface area contributed by atoms with Gasteiger partial charge in [0, 0.05) is 5.54 Å². The molecule has 0 bridgehead atoms. The smallest absolute Gasteiger partial charge is 0.0196 e. The summed E-state index contributed by atoms with van der Waals surface area (Å²) in [6, 6.07) is 8.79. The zero-order valence-corrected chi connectivity index (χ0v) is 8.22. The van der Waals surface area contributed by atoms with E-state index in [1.807, 2.05) is 0 Å². The number of hydrogen-bond acceptors (Lipinski definition) is 1. The van der Waals surface area contributed by atoms with Crippen LogP contribution in [0.1, 0.15) is 30.9 Å². The Morgan fingerprint density at radius 1 is 1.31 bits per heavy atom. The second-order valence-electron chi connectivity index (χ2n) is 4.21. The molecule has 2 rings (SSSR count). The van der Waals surface area contributed by atoms with Crippen molar-refractivity contribution in [1.82, 2.24) is 0 Å². The summed E-state index contributed by atoms with van der Waals surface area (Å²) < 4.78 is 0. The van der Waals surface area contributed by atoms with E-state index >= 15 is 0 Å². The molecular weight excluding hydrogens is 158 g/mol. The molecule has 1 fully saturated rings. The second kappa shape index (κ2) is 3.15. The molecule has 0 aliphatic heterocycles. The third-order valence-electron chi connectivity index (χ3n) is 2.85. The summed E-state index contributed by atoms with van der Waals surface area (Å²) in [5, 5.41) is 0. The topological polar surface area (TPSA) is 26.0 Å². The van der Waals surface area contributed by atoms with Gasteiger partial charge >= 0.3 is 0 Å². The van der Waals surface area contributed by atoms with Crippen molar-refractivity contribution in [2.24, 2.45) is 5.73 Å². The van der Waals surface area contributed by atoms with Crippen LogP contribution in [0.5, 0.6) is 0 Å². The quantitative estimate of drug-likeness (QED) is 0.749. The molecule has 1 heteroatoms. The Balaban J connectivity index is 2.11. The Kier molecular flexibility index (Phi) is 2.12. The van der Waals surface area contributed by atoms with Crippen LogP contribution in [0.25, 0.3) is 0 Å². The summed E-state index contributed by atoms with van der Waals surface area (Å²) in [6.45, 7) is 2.19. The Labute approximate surface area is 80.0 Å². The molecule has 0 spiro atoms. The van der Waals surface area contributed by atoms with Gasteiger partial charge in [0.1, 0.15) is 0 Å². The Hall–Kier alpha value is -0.820. The molecule has 0 saturated heterocycles. The minimum absolute atomic E-state index is 0.145. The van der Waals surface area contributed by atoms with Crippen molar-refractivity contribution >= 4 is 0 Å². The van der Waals surface area contributed by atoms with E-state index in [1.54, 1.807) is 0 Å². The fourth-order valence-corrected chi connectivity index (χ4v) is 1.70. The average molecular weight is 175 g/mol. The highest BCUT2D eigenvalue weighted by atomic mass is 14.8. The molecule has 2 N–H and O–H groups in total. The summed E-state index contributed by atoms with van der Waals surface area (Å²) >= 11 is 0. The largest absolute Gasteiger partial charge is 0.325 e. The first-order chi connectivity index (χ1) is 6.22. The van der Waals surface area contributed by atoms with Gasteiger partial charge in [0.2, 0.25) is 0 Å². The maximum Gasteiger partial charge on any atom is 0.0196 e. The Morgan fingerprint density at radius 2 is 2.00 bits per heavy atom. The lowest BCUT2D eigenvalue weighted by atomic mass is 10.0. The molecule has 1 aliphatic rings. The molecular formula is C12H17N. The van der Waals surface area contributed by atoms with Gasteiger partial charge in [-0.2, -0.15) is 0 Å². The monoisotopic (exact) mass is 175 g/mol. The van der Waals surface area contributed by atoms with E-state index in [1.165, 1.54) is 24.0 Å². The van der Waals surface area contributed by atoms with E-state index in [-0.39, 0.29) is 5.54 Å². The van der Waals surface area contributed by atoms with Gasteiger partial charge in [-0.25, -0.2) is 0 Å². The van der Waals surface area contributed by atoms with Crippen LogP contribution in [0.15, 0.2) is 24.3 Å². The van der Waals surface area contributed by atoms with Gasteiger partial charge in [-0.3, -0.25) is 0 Å². The van der Waals surface area contributed by atoms with E-state index in [0.717, 1.165) is 12.8 Å². The first-order valence-corrected chi connectivity index (χ1v) is 5.08. The summed E-state index contributed by atoms with van der Waals surface area (Å²) in [5.74, 6) is 0. The minimum Gasteiger partial charge on any atom is -0.325 e. The number of benzene rings is 1. The number of hydrogen-bond donors (Lipinski definition) is 1. The molecule has 0 aromatic heterocycles. The van der Waals surface area contributed by atoms with Gasteiger partial charge in [0.05, 0.1) is 0 Å². The van der Waals surface area contributed by atoms with Crippen LogP contribution < -0.4 is 5.73 Å². The van der Waals surface area contributed by atoms with E-state index in [4.69, 9.17) is 5.73 Å². The molecule has 70 valence electrons. The van der Waals surface area contributed by atoms with Crippen LogP contribution in [0.2, 0.25) is 0 Å². The maximum atomic E-state index is 6.07. The standard InChI is InChI=1S/C12H17N/c1-2-10-4-3-5-11(8-10)9-12(13)6-7-12/h3-5,8H,2,6-7,9,13H2,1H3. The highest BCUT2D eigenvalue weighted by Gasteiger charge is 2.37. The third kappa shape index (κ3) is 2.10. The fourth-order valence-electron chi connectivity index (χ4n) is 1.70. The SMILES string of the molecule is CCc1cccc(CC2(N)CC2)c1. The van der Waals surface area contributed by atoms with Crippen molar-refractivity contribution in [2.75, 3.05) is 0 Å². The normalized spacial score (nSPS) is 18.6. The molecule has 0 unspecified atom stereocenters. The Bertz CT molecular complexity index is 300. The molecule has 1 aromatic carbocycles. The molecule has 1 nitrogen and oxygen atoms in total. The predicted molar refractivity (Wildman–Crippen MR) is 55.7 cm³/mol. The van der Waals surface area contributed by atoms with Gasteiger partial charge in [0.15, 0.2) is 0 Å². The van der Waals surface area contributed by atoms with Crippen molar-refractivity contribution in [3.05, 3.63) is 35.4 Å². The van der Waals surface area contributed by atoms with Crippen molar-refractivity contribution in [3.8, 4) is 0 Å². The van der Waals surface area contributed by atoms with Gasteiger partial charge in [-0.15, -0.1) is 0 Å². The minimum atomic E-state index is 0.145. The fraction of sp³-hybridized carbons (Fsp3) is 0.500. The molecule has 0 amide bonds. The average Bonchev–Trinajstić information content (AvgIpc) is 2.84. The van der Waals surface area contributed by atoms with E-state index in [2.05, 4.69) is 31.2 Å². The van der Waals surface area contributed by atoms with Crippen molar-refractivity contribution in [1.29, 1.82) is 0 Å². The van der Waals surface area contributed by atoms with Gasteiger partial charge < -0.3 is 5.73 Å². The lowest BCUT2D eigenvalue weighted by Gasteiger charge is -2.09. The zero-order valence-electron chi connectivity index (χ0n) is 8.22. The third-order valence-corrected chi connectivity index (χ3v) is 2.85. The van der Waals surface area contributed by atoms with Crippen LogP contribution in [0, 0.1) is 0 Å². The maximum absolute atomic E-state index is 6.07. The van der Waals surface area contributed by atoms with Gasteiger partial charge in [-0.05, 0) is 36.8 Å². The van der Waals surface area contributed by atoms with Crippen LogP contribution in [0.4, 0.5) is 0 Å². The molecule has 1 aromatic rings. The summed E-state index contributed by atoms with van der Waals surface area (Å²) in [7, 11) is 0. The first kappa shape index (κ1) is 8.76. The van der Waals surface area contributed by atoms with Crippen LogP contribution >= 0.6 is 0 Å². The highest BCUT2D eigenvalue weighted by molar-refractivity contribution is 5.26. The molecule has 1 saturated carbocycles. The predicted octanol–water partition coefficient (Wildman–Crippen LogP) is 2.28. The molecule has 0 atom stereocenters. The van der Waals surface area contributed by atoms with Crippen molar-refractivity contribution in [2.45, 2.75) is 38.1 Å². The van der Waals surface area contributed by atoms with E-state index < -0.39 is 0 Å². The first-order valence-electron chi connectivity index (χ1n) is 5.08. The number of rotatable bonds is 3. The highest BCUT2D eigenvalue weighted by Crippen LogP contribution is 2.35. The number of aryl methyl sites for hydroxylation is 1. The van der Waals surface area contributed by atoms with Crippen LogP contribution in [-0.4, -0.2) is 5.54 Å². The summed E-state index contributed by atoms with van der Waals surface area (Å²) in [5.41, 5.74) is 9.04. The second-order valence-corrected chi connectivity index (χ2v) is 4.21. The lowest BCUT2D eigenvalue weighted by Crippen LogP contribution is -2.24. The van der Waals surface area contributed by atoms with Crippen LogP contribution in [0.3, 0.4) is 0 Å². The molecule has 13 heavy (non-hydrogen) atoms. The summed E-state index contributed by atoms with van der Waals surface area (Å²) in [6.07, 6.45) is 4.57. The zero-order chi connectivity index (χ0) is 9.31. The lowest BCUT2D eigenvalue weighted by molar-refractivity contribution is 0.671. The van der Waals surface area contributed by atoms with Crippen LogP contribution in [-0.2, 0) is 12.8 Å². The number of nitrogens with two attached hydrogens (primary N) is 1. The van der Waals surface area contributed by atoms with Crippen molar-refractivity contribution in [3.63, 3.8) is 0 Å². The molecule has 1 aliphatic carbocycles. The van der Waals surface area contributed by atoms with E-state index in [0.29, 0.717) is 0 Å².